The van der Waals surface area contributed by atoms with Crippen LogP contribution in [0.15, 0.2) is 94.4 Å². The molecule has 0 spiro atoms. The van der Waals surface area contributed by atoms with Gasteiger partial charge in [0.25, 0.3) is 5.84 Å². The average molecular weight is 479 g/mol. The molecule has 36 heavy (non-hydrogen) atoms. The number of amidine groups is 1. The van der Waals surface area contributed by atoms with Gasteiger partial charge in [0, 0.05) is 36.0 Å². The van der Waals surface area contributed by atoms with Crippen LogP contribution in [0.5, 0.6) is 0 Å². The number of benzene rings is 2. The maximum Gasteiger partial charge on any atom is 0.278 e. The second kappa shape index (κ2) is 8.57. The van der Waals surface area contributed by atoms with Crippen LogP contribution in [-0.4, -0.2) is 64.1 Å². The van der Waals surface area contributed by atoms with E-state index in [0.717, 1.165) is 78.3 Å². The third-order valence-corrected chi connectivity index (χ3v) is 7.83. The van der Waals surface area contributed by atoms with Gasteiger partial charge in [0.15, 0.2) is 6.20 Å². The minimum atomic E-state index is -0.443. The Morgan fingerprint density at radius 2 is 1.75 bits per heavy atom. The van der Waals surface area contributed by atoms with Gasteiger partial charge in [0.05, 0.1) is 42.4 Å². The smallest absolute Gasteiger partial charge is 0.278 e. The number of aromatic nitrogens is 1. The number of rotatable bonds is 4. The van der Waals surface area contributed by atoms with Crippen LogP contribution in [0, 0.1) is 5.92 Å². The summed E-state index contributed by atoms with van der Waals surface area (Å²) in [4.78, 5) is 16.9. The summed E-state index contributed by atoms with van der Waals surface area (Å²) >= 11 is 0. The van der Waals surface area contributed by atoms with E-state index in [1.165, 1.54) is 0 Å². The van der Waals surface area contributed by atoms with E-state index in [1.54, 1.807) is 18.6 Å². The van der Waals surface area contributed by atoms with Crippen LogP contribution < -0.4 is 0 Å². The van der Waals surface area contributed by atoms with Crippen LogP contribution in [0.4, 0.5) is 0 Å². The zero-order valence-corrected chi connectivity index (χ0v) is 20.0. The molecule has 7 nitrogen and oxygen atoms in total. The lowest BCUT2D eigenvalue weighted by molar-refractivity contribution is -0.950. The SMILES string of the molecule is O[N+]12C=CN=CC1=C(C1CC(N3CCOCC3)C1)N=C2c1ccc2ccc(-c3ccccc3)nc2c1. The third-order valence-electron chi connectivity index (χ3n) is 7.83. The van der Waals surface area contributed by atoms with Crippen molar-refractivity contribution >= 4 is 23.0 Å². The number of quaternary nitrogens is 1. The molecule has 7 rings (SSSR count). The van der Waals surface area contributed by atoms with E-state index in [2.05, 4.69) is 34.2 Å². The molecule has 0 radical (unpaired) electrons. The average Bonchev–Trinajstić information content (AvgIpc) is 3.21. The molecule has 4 aliphatic rings. The molecule has 2 fully saturated rings. The maximum absolute atomic E-state index is 11.8. The van der Waals surface area contributed by atoms with Crippen molar-refractivity contribution in [3.8, 4) is 11.3 Å². The molecule has 7 heteroatoms. The Bertz CT molecular complexity index is 1450. The predicted molar refractivity (Wildman–Crippen MR) is 139 cm³/mol. The van der Waals surface area contributed by atoms with Crippen molar-refractivity contribution < 1.29 is 14.6 Å². The molecule has 1 atom stereocenters. The fraction of sp³-hybridized carbons (Fsp3) is 0.276. The van der Waals surface area contributed by atoms with E-state index in [9.17, 15) is 5.21 Å². The van der Waals surface area contributed by atoms with Gasteiger partial charge in [-0.25, -0.2) is 4.98 Å². The van der Waals surface area contributed by atoms with Gasteiger partial charge in [-0.2, -0.15) is 10.2 Å². The first-order chi connectivity index (χ1) is 17.7. The van der Waals surface area contributed by atoms with Crippen molar-refractivity contribution in [1.82, 2.24) is 9.88 Å². The van der Waals surface area contributed by atoms with Gasteiger partial charge in [-0.1, -0.05) is 47.1 Å². The van der Waals surface area contributed by atoms with Crippen molar-refractivity contribution in [1.29, 1.82) is 0 Å². The Morgan fingerprint density at radius 1 is 0.944 bits per heavy atom. The predicted octanol–water partition coefficient (Wildman–Crippen LogP) is 4.75. The van der Waals surface area contributed by atoms with Crippen LogP contribution in [0.1, 0.15) is 18.4 Å². The van der Waals surface area contributed by atoms with E-state index in [4.69, 9.17) is 14.7 Å². The highest BCUT2D eigenvalue weighted by molar-refractivity contribution is 6.02. The molecule has 0 bridgehead atoms. The van der Waals surface area contributed by atoms with E-state index >= 15 is 0 Å². The number of morpholine rings is 1. The zero-order valence-electron chi connectivity index (χ0n) is 20.0. The van der Waals surface area contributed by atoms with Crippen molar-refractivity contribution in [2.45, 2.75) is 18.9 Å². The molecule has 180 valence electrons. The molecule has 1 aromatic heterocycles. The first-order valence-corrected chi connectivity index (χ1v) is 12.6. The topological polar surface area (TPSA) is 70.3 Å². The number of fused-ring (bicyclic) bond motifs is 2. The van der Waals surface area contributed by atoms with Gasteiger partial charge < -0.3 is 4.74 Å². The summed E-state index contributed by atoms with van der Waals surface area (Å²) in [6, 6.07) is 21.0. The summed E-state index contributed by atoms with van der Waals surface area (Å²) in [6.07, 6.45) is 7.21. The van der Waals surface area contributed by atoms with E-state index in [0.29, 0.717) is 17.8 Å². The van der Waals surface area contributed by atoms with Crippen LogP contribution in [0.25, 0.3) is 22.2 Å². The fourth-order valence-electron chi connectivity index (χ4n) is 5.73. The summed E-state index contributed by atoms with van der Waals surface area (Å²) in [6.45, 7) is 3.62. The zero-order chi connectivity index (χ0) is 24.1. The molecular weight excluding hydrogens is 450 g/mol. The Morgan fingerprint density at radius 3 is 2.58 bits per heavy atom. The van der Waals surface area contributed by atoms with E-state index in [1.807, 2.05) is 36.4 Å². The van der Waals surface area contributed by atoms with Crippen molar-refractivity contribution in [3.05, 3.63) is 90.0 Å². The van der Waals surface area contributed by atoms with Gasteiger partial charge in [-0.05, 0) is 31.0 Å². The number of aliphatic imine (C=N–C) groups is 2. The molecule has 3 aromatic rings. The van der Waals surface area contributed by atoms with Gasteiger partial charge in [-0.3, -0.25) is 9.89 Å². The molecule has 1 N–H and O–H groups in total. The molecule has 4 heterocycles. The number of hydrogen-bond donors (Lipinski definition) is 1. The van der Waals surface area contributed by atoms with Crippen molar-refractivity contribution in [2.24, 2.45) is 15.9 Å². The normalized spacial score (nSPS) is 27.8. The van der Waals surface area contributed by atoms with Crippen LogP contribution in [-0.2, 0) is 4.74 Å². The first kappa shape index (κ1) is 21.8. The second-order valence-electron chi connectivity index (χ2n) is 9.91. The molecule has 1 unspecified atom stereocenters. The number of hydroxylamine groups is 3. The number of ether oxygens (including phenoxy) is 1. The lowest BCUT2D eigenvalue weighted by Gasteiger charge is -2.44. The number of pyridine rings is 1. The summed E-state index contributed by atoms with van der Waals surface area (Å²) in [7, 11) is 0. The van der Waals surface area contributed by atoms with E-state index < -0.39 is 4.65 Å². The van der Waals surface area contributed by atoms with Crippen molar-refractivity contribution in [2.75, 3.05) is 26.3 Å². The van der Waals surface area contributed by atoms with Crippen LogP contribution in [0.3, 0.4) is 0 Å². The molecule has 2 aromatic carbocycles. The molecule has 1 aliphatic carbocycles. The summed E-state index contributed by atoms with van der Waals surface area (Å²) in [5, 5.41) is 12.9. The molecule has 3 aliphatic heterocycles. The summed E-state index contributed by atoms with van der Waals surface area (Å²) < 4.78 is 5.07. The number of nitrogens with zero attached hydrogens (tertiary/aromatic N) is 5. The molecule has 1 saturated carbocycles. The van der Waals surface area contributed by atoms with Gasteiger partial charge in [0.1, 0.15) is 5.70 Å². The summed E-state index contributed by atoms with van der Waals surface area (Å²) in [5.74, 6) is 0.919. The largest absolute Gasteiger partial charge is 0.379 e. The van der Waals surface area contributed by atoms with Gasteiger partial charge >= 0.3 is 0 Å². The monoisotopic (exact) mass is 478 g/mol. The highest BCUT2D eigenvalue weighted by Gasteiger charge is 2.50. The number of hydrogen-bond acceptors (Lipinski definition) is 6. The number of allylic oxidation sites excluding steroid dienone is 2. The minimum Gasteiger partial charge on any atom is -0.379 e. The second-order valence-corrected chi connectivity index (χ2v) is 9.91. The summed E-state index contributed by atoms with van der Waals surface area (Å²) in [5.41, 5.74) is 5.45. The molecule has 1 saturated heterocycles. The maximum atomic E-state index is 11.8. The van der Waals surface area contributed by atoms with Crippen LogP contribution in [0.2, 0.25) is 0 Å². The van der Waals surface area contributed by atoms with E-state index in [-0.39, 0.29) is 0 Å². The highest BCUT2D eigenvalue weighted by atomic mass is 16.5. The minimum absolute atomic E-state index is 0.316. The van der Waals surface area contributed by atoms with Gasteiger partial charge in [-0.15, -0.1) is 0 Å². The highest BCUT2D eigenvalue weighted by Crippen LogP contribution is 2.44. The van der Waals surface area contributed by atoms with Crippen LogP contribution >= 0.6 is 0 Å². The fourth-order valence-corrected chi connectivity index (χ4v) is 5.73. The standard InChI is InChI=1S/C29H28N5O2/c35-34-13-10-30-19-27(34)28(23-16-24(17-23)33-11-14-36-15-12-33)32-29(34)22-7-6-21-8-9-25(31-26(21)18-22)20-4-2-1-3-5-20/h1-10,13,18-19,23-24,35H,11-12,14-17H2/q+1. The Balaban J connectivity index is 1.22. The Kier molecular flexibility index (Phi) is 5.18. The quantitative estimate of drug-likeness (QED) is 0.550. The lowest BCUT2D eigenvalue weighted by Crippen LogP contribution is -2.50. The molecule has 0 amide bonds. The Hall–Kier alpha value is -3.49. The lowest BCUT2D eigenvalue weighted by atomic mass is 9.76. The van der Waals surface area contributed by atoms with Gasteiger partial charge in [0.2, 0.25) is 5.70 Å². The van der Waals surface area contributed by atoms with Crippen molar-refractivity contribution in [3.63, 3.8) is 0 Å². The molecular formula is C29H28N5O2+. The third kappa shape index (κ3) is 3.55. The Labute approximate surface area is 209 Å². The first-order valence-electron chi connectivity index (χ1n) is 12.6.